The Morgan fingerprint density at radius 1 is 1.47 bits per heavy atom. The lowest BCUT2D eigenvalue weighted by atomic mass is 10.1. The van der Waals surface area contributed by atoms with Gasteiger partial charge in [0.05, 0.1) is 11.6 Å². The van der Waals surface area contributed by atoms with Crippen LogP contribution in [0.2, 0.25) is 0 Å². The van der Waals surface area contributed by atoms with Crippen molar-refractivity contribution in [1.29, 1.82) is 0 Å². The van der Waals surface area contributed by atoms with Crippen LogP contribution < -0.4 is 5.32 Å². The normalized spacial score (nSPS) is 12.2. The van der Waals surface area contributed by atoms with E-state index < -0.39 is 17.5 Å². The molecule has 0 fully saturated rings. The first-order valence-corrected chi connectivity index (χ1v) is 5.87. The molecular formula is C13H13F2N3O. The van der Waals surface area contributed by atoms with Gasteiger partial charge in [0.1, 0.15) is 17.5 Å². The number of halogens is 2. The van der Waals surface area contributed by atoms with Crippen molar-refractivity contribution in [3.05, 3.63) is 53.6 Å². The van der Waals surface area contributed by atoms with Gasteiger partial charge in [0.25, 0.3) is 5.91 Å². The second kappa shape index (κ2) is 5.60. The van der Waals surface area contributed by atoms with Gasteiger partial charge < -0.3 is 10.3 Å². The van der Waals surface area contributed by atoms with E-state index in [1.807, 2.05) is 6.92 Å². The molecule has 0 aliphatic rings. The number of aromatic amines is 1. The molecule has 19 heavy (non-hydrogen) atoms. The first-order chi connectivity index (χ1) is 9.11. The molecule has 1 aromatic carbocycles. The summed E-state index contributed by atoms with van der Waals surface area (Å²) in [6.07, 6.45) is 3.81. The van der Waals surface area contributed by atoms with Crippen molar-refractivity contribution >= 4 is 5.91 Å². The summed E-state index contributed by atoms with van der Waals surface area (Å²) in [6.45, 7) is 1.87. The van der Waals surface area contributed by atoms with Gasteiger partial charge in [-0.25, -0.2) is 13.8 Å². The lowest BCUT2D eigenvalue weighted by Gasteiger charge is -2.14. The molecule has 100 valence electrons. The van der Waals surface area contributed by atoms with Gasteiger partial charge in [-0.3, -0.25) is 4.79 Å². The summed E-state index contributed by atoms with van der Waals surface area (Å²) in [4.78, 5) is 18.9. The Hall–Kier alpha value is -2.24. The highest BCUT2D eigenvalue weighted by molar-refractivity contribution is 5.94. The number of carbonyl (C=O) groups is 1. The SMILES string of the molecule is CCC(NC(=O)c1ccc(F)cc1F)c1ncc[nH]1. The minimum Gasteiger partial charge on any atom is -0.347 e. The summed E-state index contributed by atoms with van der Waals surface area (Å²) >= 11 is 0. The number of H-pyrrole nitrogens is 1. The van der Waals surface area contributed by atoms with Crippen molar-refractivity contribution in [3.63, 3.8) is 0 Å². The van der Waals surface area contributed by atoms with E-state index in [0.717, 1.165) is 12.1 Å². The number of nitrogens with zero attached hydrogens (tertiary/aromatic N) is 1. The predicted molar refractivity (Wildman–Crippen MR) is 65.4 cm³/mol. The van der Waals surface area contributed by atoms with Crippen molar-refractivity contribution in [2.75, 3.05) is 0 Å². The second-order valence-corrected chi connectivity index (χ2v) is 4.03. The quantitative estimate of drug-likeness (QED) is 0.892. The van der Waals surface area contributed by atoms with Gasteiger partial charge in [-0.05, 0) is 18.6 Å². The summed E-state index contributed by atoms with van der Waals surface area (Å²) in [6, 6.07) is 2.51. The molecule has 2 N–H and O–H groups in total. The Morgan fingerprint density at radius 3 is 2.84 bits per heavy atom. The molecule has 0 aliphatic heterocycles. The van der Waals surface area contributed by atoms with Crippen molar-refractivity contribution < 1.29 is 13.6 Å². The van der Waals surface area contributed by atoms with Crippen LogP contribution in [0.4, 0.5) is 8.78 Å². The molecule has 2 aromatic rings. The molecule has 0 radical (unpaired) electrons. The standard InChI is InChI=1S/C13H13F2N3O/c1-2-11(12-16-5-6-17-12)18-13(19)9-4-3-8(14)7-10(9)15/h3-7,11H,2H2,1H3,(H,16,17)(H,18,19). The fourth-order valence-electron chi connectivity index (χ4n) is 1.74. The minimum atomic E-state index is -0.883. The van der Waals surface area contributed by atoms with Crippen LogP contribution in [-0.4, -0.2) is 15.9 Å². The zero-order valence-electron chi connectivity index (χ0n) is 10.3. The Morgan fingerprint density at radius 2 is 2.26 bits per heavy atom. The fourth-order valence-corrected chi connectivity index (χ4v) is 1.74. The number of rotatable bonds is 4. The molecule has 0 spiro atoms. The maximum atomic E-state index is 13.5. The van der Waals surface area contributed by atoms with Crippen LogP contribution in [0.3, 0.4) is 0 Å². The van der Waals surface area contributed by atoms with E-state index in [0.29, 0.717) is 18.3 Å². The molecule has 0 aliphatic carbocycles. The Labute approximate surface area is 108 Å². The van der Waals surface area contributed by atoms with Crippen LogP contribution in [0.5, 0.6) is 0 Å². The summed E-state index contributed by atoms with van der Waals surface area (Å²) in [5.74, 6) is -1.60. The van der Waals surface area contributed by atoms with Crippen molar-refractivity contribution in [3.8, 4) is 0 Å². The highest BCUT2D eigenvalue weighted by Crippen LogP contribution is 2.14. The molecule has 0 saturated heterocycles. The van der Waals surface area contributed by atoms with Crippen LogP contribution in [-0.2, 0) is 0 Å². The monoisotopic (exact) mass is 265 g/mol. The smallest absolute Gasteiger partial charge is 0.254 e. The topological polar surface area (TPSA) is 57.8 Å². The lowest BCUT2D eigenvalue weighted by molar-refractivity contribution is 0.0929. The number of imidazole rings is 1. The molecule has 0 bridgehead atoms. The second-order valence-electron chi connectivity index (χ2n) is 4.03. The maximum Gasteiger partial charge on any atom is 0.254 e. The minimum absolute atomic E-state index is 0.189. The zero-order chi connectivity index (χ0) is 13.8. The molecule has 6 heteroatoms. The van der Waals surface area contributed by atoms with E-state index in [-0.39, 0.29) is 11.6 Å². The van der Waals surface area contributed by atoms with Crippen molar-refractivity contribution in [1.82, 2.24) is 15.3 Å². The van der Waals surface area contributed by atoms with Gasteiger partial charge in [-0.15, -0.1) is 0 Å². The molecule has 0 saturated carbocycles. The van der Waals surface area contributed by atoms with E-state index in [9.17, 15) is 13.6 Å². The van der Waals surface area contributed by atoms with Crippen LogP contribution >= 0.6 is 0 Å². The Kier molecular flexibility index (Phi) is 3.89. The van der Waals surface area contributed by atoms with E-state index in [1.54, 1.807) is 12.4 Å². The van der Waals surface area contributed by atoms with Crippen LogP contribution in [0.15, 0.2) is 30.6 Å². The third kappa shape index (κ3) is 2.96. The highest BCUT2D eigenvalue weighted by Gasteiger charge is 2.18. The maximum absolute atomic E-state index is 13.5. The first-order valence-electron chi connectivity index (χ1n) is 5.87. The molecule has 4 nitrogen and oxygen atoms in total. The largest absolute Gasteiger partial charge is 0.347 e. The fraction of sp³-hybridized carbons (Fsp3) is 0.231. The number of benzene rings is 1. The molecule has 2 rings (SSSR count). The predicted octanol–water partition coefficient (Wildman–Crippen LogP) is 2.57. The number of hydrogen-bond acceptors (Lipinski definition) is 2. The number of hydrogen-bond donors (Lipinski definition) is 2. The average Bonchev–Trinajstić information content (AvgIpc) is 2.89. The molecule has 1 aromatic heterocycles. The third-order valence-electron chi connectivity index (χ3n) is 2.74. The molecule has 1 amide bonds. The summed E-state index contributed by atoms with van der Waals surface area (Å²) < 4.78 is 26.2. The van der Waals surface area contributed by atoms with Crippen molar-refractivity contribution in [2.24, 2.45) is 0 Å². The van der Waals surface area contributed by atoms with Crippen molar-refractivity contribution in [2.45, 2.75) is 19.4 Å². The molecular weight excluding hydrogens is 252 g/mol. The summed E-state index contributed by atoms with van der Waals surface area (Å²) in [5.41, 5.74) is -0.189. The van der Waals surface area contributed by atoms with E-state index >= 15 is 0 Å². The third-order valence-corrected chi connectivity index (χ3v) is 2.74. The lowest BCUT2D eigenvalue weighted by Crippen LogP contribution is -2.29. The molecule has 1 heterocycles. The number of nitrogens with one attached hydrogen (secondary N) is 2. The Balaban J connectivity index is 2.16. The van der Waals surface area contributed by atoms with Gasteiger partial charge in [-0.2, -0.15) is 0 Å². The zero-order valence-corrected chi connectivity index (χ0v) is 10.3. The van der Waals surface area contributed by atoms with E-state index in [1.165, 1.54) is 0 Å². The first kappa shape index (κ1) is 13.2. The highest BCUT2D eigenvalue weighted by atomic mass is 19.1. The van der Waals surface area contributed by atoms with Gasteiger partial charge in [0.15, 0.2) is 0 Å². The summed E-state index contributed by atoms with van der Waals surface area (Å²) in [5, 5.41) is 2.65. The van der Waals surface area contributed by atoms with E-state index in [4.69, 9.17) is 0 Å². The molecule has 1 atom stereocenters. The van der Waals surface area contributed by atoms with E-state index in [2.05, 4.69) is 15.3 Å². The average molecular weight is 265 g/mol. The number of aromatic nitrogens is 2. The molecule has 1 unspecified atom stereocenters. The van der Waals surface area contributed by atoms with Gasteiger partial charge in [0.2, 0.25) is 0 Å². The summed E-state index contributed by atoms with van der Waals surface area (Å²) in [7, 11) is 0. The Bertz CT molecular complexity index is 569. The van der Waals surface area contributed by atoms with Gasteiger partial charge >= 0.3 is 0 Å². The van der Waals surface area contributed by atoms with Crippen LogP contribution in [0.1, 0.15) is 35.6 Å². The van der Waals surface area contributed by atoms with Crippen LogP contribution in [0, 0.1) is 11.6 Å². The number of carbonyl (C=O) groups excluding carboxylic acids is 1. The van der Waals surface area contributed by atoms with Gasteiger partial charge in [0, 0.05) is 18.5 Å². The van der Waals surface area contributed by atoms with Gasteiger partial charge in [-0.1, -0.05) is 6.92 Å². The van der Waals surface area contributed by atoms with Crippen LogP contribution in [0.25, 0.3) is 0 Å². The number of amides is 1.